The van der Waals surface area contributed by atoms with Crippen LogP contribution < -0.4 is 0 Å². The average molecular weight is 165 g/mol. The van der Waals surface area contributed by atoms with E-state index in [1.807, 2.05) is 0 Å². The zero-order valence-corrected chi connectivity index (χ0v) is 6.95. The summed E-state index contributed by atoms with van der Waals surface area (Å²) in [7, 11) is 0. The number of ketones is 1. The third kappa shape index (κ3) is 1.89. The SMILES string of the molecule is CC(=O)c1cccnc1CCO. The molecular weight excluding hydrogens is 154 g/mol. The Labute approximate surface area is 71.1 Å². The number of carbonyl (C=O) groups excluding carboxylic acids is 1. The van der Waals surface area contributed by atoms with Gasteiger partial charge in [-0.2, -0.15) is 0 Å². The predicted molar refractivity (Wildman–Crippen MR) is 45.0 cm³/mol. The second-order valence-electron chi connectivity index (χ2n) is 2.53. The van der Waals surface area contributed by atoms with Gasteiger partial charge < -0.3 is 5.11 Å². The van der Waals surface area contributed by atoms with E-state index in [-0.39, 0.29) is 12.4 Å². The molecule has 0 radical (unpaired) electrons. The van der Waals surface area contributed by atoms with Gasteiger partial charge in [0.2, 0.25) is 0 Å². The van der Waals surface area contributed by atoms with Crippen molar-refractivity contribution in [3.63, 3.8) is 0 Å². The van der Waals surface area contributed by atoms with Gasteiger partial charge in [0.05, 0.1) is 5.69 Å². The average Bonchev–Trinajstić information content (AvgIpc) is 2.05. The van der Waals surface area contributed by atoms with Crippen LogP contribution in [-0.2, 0) is 6.42 Å². The van der Waals surface area contributed by atoms with E-state index in [9.17, 15) is 4.79 Å². The number of aromatic nitrogens is 1. The van der Waals surface area contributed by atoms with Gasteiger partial charge in [0, 0.05) is 24.8 Å². The molecule has 0 amide bonds. The minimum absolute atomic E-state index is 0.00782. The number of aliphatic hydroxyl groups excluding tert-OH is 1. The van der Waals surface area contributed by atoms with Crippen molar-refractivity contribution < 1.29 is 9.90 Å². The van der Waals surface area contributed by atoms with Crippen molar-refractivity contribution in [2.75, 3.05) is 6.61 Å². The Balaban J connectivity index is 3.00. The fraction of sp³-hybridized carbons (Fsp3) is 0.333. The maximum Gasteiger partial charge on any atom is 0.161 e. The van der Waals surface area contributed by atoms with Crippen LogP contribution in [0.15, 0.2) is 18.3 Å². The summed E-state index contributed by atoms with van der Waals surface area (Å²) < 4.78 is 0. The lowest BCUT2D eigenvalue weighted by atomic mass is 10.1. The molecule has 0 spiro atoms. The number of hydrogen-bond donors (Lipinski definition) is 1. The third-order valence-electron chi connectivity index (χ3n) is 1.62. The van der Waals surface area contributed by atoms with E-state index in [0.717, 1.165) is 0 Å². The first-order valence-electron chi connectivity index (χ1n) is 3.81. The number of nitrogens with zero attached hydrogens (tertiary/aromatic N) is 1. The smallest absolute Gasteiger partial charge is 0.161 e. The minimum Gasteiger partial charge on any atom is -0.396 e. The van der Waals surface area contributed by atoms with Gasteiger partial charge >= 0.3 is 0 Å². The van der Waals surface area contributed by atoms with Crippen molar-refractivity contribution >= 4 is 5.78 Å². The van der Waals surface area contributed by atoms with E-state index in [2.05, 4.69) is 4.98 Å². The molecule has 0 saturated carbocycles. The Hall–Kier alpha value is -1.22. The molecule has 0 aliphatic rings. The van der Waals surface area contributed by atoms with E-state index in [0.29, 0.717) is 17.7 Å². The molecule has 3 nitrogen and oxygen atoms in total. The summed E-state index contributed by atoms with van der Waals surface area (Å²) in [6, 6.07) is 3.44. The Morgan fingerprint density at radius 3 is 3.00 bits per heavy atom. The molecule has 64 valence electrons. The van der Waals surface area contributed by atoms with Crippen LogP contribution in [0, 0.1) is 0 Å². The molecule has 3 heteroatoms. The van der Waals surface area contributed by atoms with Gasteiger partial charge in [-0.25, -0.2) is 0 Å². The second-order valence-corrected chi connectivity index (χ2v) is 2.53. The highest BCUT2D eigenvalue weighted by atomic mass is 16.3. The van der Waals surface area contributed by atoms with Crippen molar-refractivity contribution in [3.8, 4) is 0 Å². The van der Waals surface area contributed by atoms with E-state index >= 15 is 0 Å². The molecular formula is C9H11NO2. The fourth-order valence-corrected chi connectivity index (χ4v) is 1.06. The molecule has 0 aliphatic carbocycles. The van der Waals surface area contributed by atoms with Gasteiger partial charge in [0.1, 0.15) is 0 Å². The Morgan fingerprint density at radius 1 is 1.67 bits per heavy atom. The number of aliphatic hydroxyl groups is 1. The van der Waals surface area contributed by atoms with Gasteiger partial charge in [-0.1, -0.05) is 0 Å². The summed E-state index contributed by atoms with van der Waals surface area (Å²) in [4.78, 5) is 15.0. The van der Waals surface area contributed by atoms with Crippen molar-refractivity contribution in [2.45, 2.75) is 13.3 Å². The first kappa shape index (κ1) is 8.87. The van der Waals surface area contributed by atoms with Crippen LogP contribution in [0.25, 0.3) is 0 Å². The number of pyridine rings is 1. The van der Waals surface area contributed by atoms with E-state index in [4.69, 9.17) is 5.11 Å². The van der Waals surface area contributed by atoms with Gasteiger partial charge in [-0.3, -0.25) is 9.78 Å². The summed E-state index contributed by atoms with van der Waals surface area (Å²) >= 11 is 0. The van der Waals surface area contributed by atoms with Gasteiger partial charge in [-0.05, 0) is 19.1 Å². The summed E-state index contributed by atoms with van der Waals surface area (Å²) in [6.07, 6.45) is 2.06. The maximum atomic E-state index is 11.0. The molecule has 0 atom stereocenters. The first-order chi connectivity index (χ1) is 5.75. The zero-order valence-electron chi connectivity index (χ0n) is 6.95. The molecule has 12 heavy (non-hydrogen) atoms. The van der Waals surface area contributed by atoms with Gasteiger partial charge in [-0.15, -0.1) is 0 Å². The van der Waals surface area contributed by atoms with E-state index in [1.54, 1.807) is 18.3 Å². The highest BCUT2D eigenvalue weighted by Crippen LogP contribution is 2.06. The van der Waals surface area contributed by atoms with Crippen LogP contribution in [0.3, 0.4) is 0 Å². The van der Waals surface area contributed by atoms with Crippen LogP contribution >= 0.6 is 0 Å². The Bertz CT molecular complexity index is 284. The number of rotatable bonds is 3. The van der Waals surface area contributed by atoms with Gasteiger partial charge in [0.25, 0.3) is 0 Å². The lowest BCUT2D eigenvalue weighted by molar-refractivity contribution is 0.101. The number of hydrogen-bond acceptors (Lipinski definition) is 3. The van der Waals surface area contributed by atoms with E-state index in [1.165, 1.54) is 6.92 Å². The molecule has 1 aromatic rings. The van der Waals surface area contributed by atoms with Crippen LogP contribution in [-0.4, -0.2) is 22.5 Å². The topological polar surface area (TPSA) is 50.2 Å². The molecule has 1 rings (SSSR count). The lowest BCUT2D eigenvalue weighted by Gasteiger charge is -2.02. The molecule has 0 fully saturated rings. The molecule has 1 N–H and O–H groups in total. The molecule has 0 aromatic carbocycles. The maximum absolute atomic E-state index is 11.0. The zero-order chi connectivity index (χ0) is 8.97. The normalized spacial score (nSPS) is 9.83. The summed E-state index contributed by atoms with van der Waals surface area (Å²) in [5.74, 6) is -0.00782. The Morgan fingerprint density at radius 2 is 2.42 bits per heavy atom. The number of Topliss-reactive ketones (excluding diaryl/α,β-unsaturated/α-hetero) is 1. The standard InChI is InChI=1S/C9H11NO2/c1-7(12)8-3-2-5-10-9(8)4-6-11/h2-3,5,11H,4,6H2,1H3. The molecule has 0 aliphatic heterocycles. The summed E-state index contributed by atoms with van der Waals surface area (Å²) in [5.41, 5.74) is 1.28. The van der Waals surface area contributed by atoms with Gasteiger partial charge in [0.15, 0.2) is 5.78 Å². The van der Waals surface area contributed by atoms with Crippen LogP contribution in [0.4, 0.5) is 0 Å². The Kier molecular flexibility index (Phi) is 2.94. The van der Waals surface area contributed by atoms with Crippen LogP contribution in [0.5, 0.6) is 0 Å². The largest absolute Gasteiger partial charge is 0.396 e. The monoisotopic (exact) mass is 165 g/mol. The summed E-state index contributed by atoms with van der Waals surface area (Å²) in [5, 5.41) is 8.67. The quantitative estimate of drug-likeness (QED) is 0.674. The van der Waals surface area contributed by atoms with Crippen molar-refractivity contribution in [1.82, 2.24) is 4.98 Å². The highest BCUT2D eigenvalue weighted by molar-refractivity contribution is 5.95. The molecule has 0 saturated heterocycles. The minimum atomic E-state index is -0.00782. The second kappa shape index (κ2) is 3.97. The fourth-order valence-electron chi connectivity index (χ4n) is 1.06. The van der Waals surface area contributed by atoms with Crippen molar-refractivity contribution in [2.24, 2.45) is 0 Å². The van der Waals surface area contributed by atoms with E-state index < -0.39 is 0 Å². The lowest BCUT2D eigenvalue weighted by Crippen LogP contribution is -2.03. The van der Waals surface area contributed by atoms with Crippen LogP contribution in [0.1, 0.15) is 23.0 Å². The third-order valence-corrected chi connectivity index (χ3v) is 1.62. The van der Waals surface area contributed by atoms with Crippen molar-refractivity contribution in [3.05, 3.63) is 29.6 Å². The molecule has 1 aromatic heterocycles. The molecule has 0 bridgehead atoms. The first-order valence-corrected chi connectivity index (χ1v) is 3.81. The predicted octanol–water partition coefficient (Wildman–Crippen LogP) is 0.819. The number of carbonyl (C=O) groups is 1. The summed E-state index contributed by atoms with van der Waals surface area (Å²) in [6.45, 7) is 1.52. The molecule has 0 unspecified atom stereocenters. The van der Waals surface area contributed by atoms with Crippen molar-refractivity contribution in [1.29, 1.82) is 0 Å². The highest BCUT2D eigenvalue weighted by Gasteiger charge is 2.05. The molecule has 1 heterocycles. The van der Waals surface area contributed by atoms with Crippen LogP contribution in [0.2, 0.25) is 0 Å².